The van der Waals surface area contributed by atoms with Crippen molar-refractivity contribution < 1.29 is 4.79 Å². The number of anilines is 1. The lowest BCUT2D eigenvalue weighted by Gasteiger charge is -2.10. The van der Waals surface area contributed by atoms with Crippen LogP contribution in [-0.2, 0) is 4.79 Å². The molecule has 2 aromatic heterocycles. The van der Waals surface area contributed by atoms with Crippen LogP contribution in [0.4, 0.5) is 5.69 Å². The van der Waals surface area contributed by atoms with Gasteiger partial charge in [0.1, 0.15) is 5.65 Å². The van der Waals surface area contributed by atoms with Crippen molar-refractivity contribution in [2.75, 3.05) is 11.1 Å². The molecule has 3 aromatic carbocycles. The highest BCUT2D eigenvalue weighted by molar-refractivity contribution is 7.99. The predicted octanol–water partition coefficient (Wildman–Crippen LogP) is 6.07. The standard InChI is InChI=1S/C22H14Cl2N4OS/c23-14-7-5-8-15(24)20(14)27-19(29)12-30-22-26-16-9-2-1-6-13(16)21-25-17-10-3-4-11-18(17)28(21)22/h1-11H,12H2,(H,27,29). The van der Waals surface area contributed by atoms with Crippen LogP contribution in [0.15, 0.2) is 71.9 Å². The molecule has 5 nitrogen and oxygen atoms in total. The van der Waals surface area contributed by atoms with Crippen LogP contribution in [-0.4, -0.2) is 26.0 Å². The molecule has 5 aromatic rings. The summed E-state index contributed by atoms with van der Waals surface area (Å²) in [4.78, 5) is 22.2. The second kappa shape index (κ2) is 7.80. The molecule has 1 N–H and O–H groups in total. The molecular weight excluding hydrogens is 439 g/mol. The van der Waals surface area contributed by atoms with E-state index in [1.54, 1.807) is 18.2 Å². The number of aromatic nitrogens is 3. The Morgan fingerprint density at radius 1 is 0.900 bits per heavy atom. The van der Waals surface area contributed by atoms with E-state index >= 15 is 0 Å². The molecule has 0 saturated carbocycles. The maximum absolute atomic E-state index is 12.6. The summed E-state index contributed by atoms with van der Waals surface area (Å²) in [6, 6.07) is 20.8. The Morgan fingerprint density at radius 2 is 1.60 bits per heavy atom. The highest BCUT2D eigenvalue weighted by Gasteiger charge is 2.16. The van der Waals surface area contributed by atoms with Crippen LogP contribution in [0.3, 0.4) is 0 Å². The smallest absolute Gasteiger partial charge is 0.234 e. The lowest BCUT2D eigenvalue weighted by atomic mass is 10.2. The third-order valence-electron chi connectivity index (χ3n) is 4.67. The molecule has 0 spiro atoms. The number of nitrogens with zero attached hydrogens (tertiary/aromatic N) is 3. The number of amides is 1. The number of hydrogen-bond acceptors (Lipinski definition) is 4. The highest BCUT2D eigenvalue weighted by Crippen LogP contribution is 2.31. The summed E-state index contributed by atoms with van der Waals surface area (Å²) in [5, 5.41) is 5.24. The van der Waals surface area contributed by atoms with Crippen molar-refractivity contribution in [3.05, 3.63) is 76.8 Å². The number of hydrogen-bond donors (Lipinski definition) is 1. The van der Waals surface area contributed by atoms with Gasteiger partial charge in [-0.1, -0.05) is 65.3 Å². The zero-order valence-electron chi connectivity index (χ0n) is 15.5. The van der Waals surface area contributed by atoms with Gasteiger partial charge in [0.2, 0.25) is 5.91 Å². The first-order chi connectivity index (χ1) is 14.6. The monoisotopic (exact) mass is 452 g/mol. The Morgan fingerprint density at radius 3 is 2.40 bits per heavy atom. The maximum atomic E-state index is 12.6. The number of benzene rings is 3. The summed E-state index contributed by atoms with van der Waals surface area (Å²) in [5.74, 6) is -0.0726. The average molecular weight is 453 g/mol. The average Bonchev–Trinajstić information content (AvgIpc) is 3.15. The second-order valence-electron chi connectivity index (χ2n) is 6.60. The largest absolute Gasteiger partial charge is 0.323 e. The van der Waals surface area contributed by atoms with Crippen molar-refractivity contribution in [1.29, 1.82) is 0 Å². The van der Waals surface area contributed by atoms with Crippen LogP contribution in [0, 0.1) is 0 Å². The van der Waals surface area contributed by atoms with Crippen molar-refractivity contribution in [1.82, 2.24) is 14.4 Å². The van der Waals surface area contributed by atoms with Crippen molar-refractivity contribution in [3.8, 4) is 0 Å². The molecule has 2 heterocycles. The maximum Gasteiger partial charge on any atom is 0.234 e. The molecule has 30 heavy (non-hydrogen) atoms. The molecule has 5 rings (SSSR count). The van der Waals surface area contributed by atoms with Crippen LogP contribution in [0.1, 0.15) is 0 Å². The molecule has 0 aliphatic carbocycles. The first-order valence-corrected chi connectivity index (χ1v) is 10.9. The quantitative estimate of drug-likeness (QED) is 0.265. The van der Waals surface area contributed by atoms with Gasteiger partial charge in [0.05, 0.1) is 38.0 Å². The summed E-state index contributed by atoms with van der Waals surface area (Å²) in [6.45, 7) is 0. The number of carbonyl (C=O) groups excluding carboxylic acids is 1. The number of carbonyl (C=O) groups is 1. The van der Waals surface area contributed by atoms with Gasteiger partial charge in [-0.25, -0.2) is 9.97 Å². The zero-order valence-corrected chi connectivity index (χ0v) is 17.8. The first-order valence-electron chi connectivity index (χ1n) is 9.14. The van der Waals surface area contributed by atoms with Gasteiger partial charge in [-0.2, -0.15) is 0 Å². The van der Waals surface area contributed by atoms with E-state index in [9.17, 15) is 4.79 Å². The minimum absolute atomic E-state index is 0.147. The van der Waals surface area contributed by atoms with Crippen LogP contribution in [0.25, 0.3) is 27.6 Å². The molecule has 8 heteroatoms. The van der Waals surface area contributed by atoms with Crippen molar-refractivity contribution in [2.45, 2.75) is 5.16 Å². The fourth-order valence-electron chi connectivity index (χ4n) is 3.33. The van der Waals surface area contributed by atoms with Crippen molar-refractivity contribution in [3.63, 3.8) is 0 Å². The second-order valence-corrected chi connectivity index (χ2v) is 8.36. The van der Waals surface area contributed by atoms with E-state index < -0.39 is 0 Å². The summed E-state index contributed by atoms with van der Waals surface area (Å²) in [5.41, 5.74) is 3.89. The Labute approximate surface area is 186 Å². The molecule has 0 atom stereocenters. The molecule has 0 unspecified atom stereocenters. The Balaban J connectivity index is 1.53. The third-order valence-corrected chi connectivity index (χ3v) is 6.24. The minimum atomic E-state index is -0.220. The fourth-order valence-corrected chi connectivity index (χ4v) is 4.63. The van der Waals surface area contributed by atoms with Gasteiger partial charge in [-0.15, -0.1) is 0 Å². The molecule has 0 saturated heterocycles. The SMILES string of the molecule is O=C(CSc1nc2ccccc2c2nc3ccccc3n12)Nc1c(Cl)cccc1Cl. The van der Waals surface area contributed by atoms with Crippen LogP contribution in [0.2, 0.25) is 10.0 Å². The van der Waals surface area contributed by atoms with Gasteiger partial charge in [0, 0.05) is 5.39 Å². The van der Waals surface area contributed by atoms with Gasteiger partial charge in [0.25, 0.3) is 0 Å². The molecule has 148 valence electrons. The predicted molar refractivity (Wildman–Crippen MR) is 124 cm³/mol. The number of fused-ring (bicyclic) bond motifs is 5. The minimum Gasteiger partial charge on any atom is -0.323 e. The molecule has 0 aliphatic rings. The van der Waals surface area contributed by atoms with Gasteiger partial charge >= 0.3 is 0 Å². The number of nitrogens with one attached hydrogen (secondary N) is 1. The van der Waals surface area contributed by atoms with E-state index in [4.69, 9.17) is 33.2 Å². The highest BCUT2D eigenvalue weighted by atomic mass is 35.5. The number of thioether (sulfide) groups is 1. The number of halogens is 2. The lowest BCUT2D eigenvalue weighted by Crippen LogP contribution is -2.15. The normalized spacial score (nSPS) is 11.4. The van der Waals surface area contributed by atoms with E-state index in [2.05, 4.69) is 5.32 Å². The van der Waals surface area contributed by atoms with Crippen LogP contribution < -0.4 is 5.32 Å². The molecular formula is C22H14Cl2N4OS. The molecule has 0 radical (unpaired) electrons. The van der Waals surface area contributed by atoms with Crippen LogP contribution in [0.5, 0.6) is 0 Å². The number of rotatable bonds is 4. The fraction of sp³-hybridized carbons (Fsp3) is 0.0455. The molecule has 1 amide bonds. The number of para-hydroxylation sites is 4. The zero-order chi connectivity index (χ0) is 20.7. The topological polar surface area (TPSA) is 59.3 Å². The van der Waals surface area contributed by atoms with E-state index in [1.807, 2.05) is 52.9 Å². The first kappa shape index (κ1) is 19.2. The third kappa shape index (κ3) is 3.37. The van der Waals surface area contributed by atoms with Gasteiger partial charge in [-0.05, 0) is 36.4 Å². The van der Waals surface area contributed by atoms with E-state index in [-0.39, 0.29) is 11.7 Å². The molecule has 0 bridgehead atoms. The van der Waals surface area contributed by atoms with Gasteiger partial charge in [0.15, 0.2) is 5.16 Å². The molecule has 0 fully saturated rings. The number of imidazole rings is 1. The Kier molecular flexibility index (Phi) is 4.98. The Hall–Kier alpha value is -2.80. The van der Waals surface area contributed by atoms with E-state index in [0.717, 1.165) is 27.6 Å². The van der Waals surface area contributed by atoms with E-state index in [1.165, 1.54) is 11.8 Å². The Bertz CT molecular complexity index is 1410. The van der Waals surface area contributed by atoms with Gasteiger partial charge in [-0.3, -0.25) is 9.20 Å². The summed E-state index contributed by atoms with van der Waals surface area (Å²) < 4.78 is 2.00. The molecule has 0 aliphatic heterocycles. The van der Waals surface area contributed by atoms with E-state index in [0.29, 0.717) is 20.9 Å². The van der Waals surface area contributed by atoms with Crippen LogP contribution >= 0.6 is 35.0 Å². The summed E-state index contributed by atoms with van der Waals surface area (Å²) in [6.07, 6.45) is 0. The lowest BCUT2D eigenvalue weighted by molar-refractivity contribution is -0.113. The van der Waals surface area contributed by atoms with Gasteiger partial charge < -0.3 is 5.32 Å². The summed E-state index contributed by atoms with van der Waals surface area (Å²) in [7, 11) is 0. The summed E-state index contributed by atoms with van der Waals surface area (Å²) >= 11 is 13.6. The van der Waals surface area contributed by atoms with Crippen molar-refractivity contribution >= 4 is 74.1 Å². The van der Waals surface area contributed by atoms with Crippen molar-refractivity contribution in [2.24, 2.45) is 0 Å².